The van der Waals surface area contributed by atoms with Crippen molar-refractivity contribution >= 4 is 5.69 Å². The number of hydrogen-bond donors (Lipinski definition) is 1. The van der Waals surface area contributed by atoms with Gasteiger partial charge in [0, 0.05) is 12.6 Å². The van der Waals surface area contributed by atoms with Gasteiger partial charge in [-0.25, -0.2) is 4.68 Å². The first-order chi connectivity index (χ1) is 9.11. The highest BCUT2D eigenvalue weighted by Crippen LogP contribution is 2.25. The Morgan fingerprint density at radius 2 is 1.74 bits per heavy atom. The van der Waals surface area contributed by atoms with Crippen LogP contribution in [-0.4, -0.2) is 9.36 Å². The van der Waals surface area contributed by atoms with Gasteiger partial charge in [-0.05, 0) is 12.8 Å². The zero-order valence-electron chi connectivity index (χ0n) is 11.8. The molecular weight excluding hydrogens is 238 g/mol. The van der Waals surface area contributed by atoms with Crippen LogP contribution < -0.4 is 11.3 Å². The molecule has 0 atom stereocenters. The predicted molar refractivity (Wildman–Crippen MR) is 79.1 cm³/mol. The first-order valence-electron chi connectivity index (χ1n) is 6.74. The molecule has 1 aromatic carbocycles. The van der Waals surface area contributed by atoms with Crippen molar-refractivity contribution in [2.75, 3.05) is 5.73 Å². The smallest absolute Gasteiger partial charge is 0.290 e. The lowest BCUT2D eigenvalue weighted by Crippen LogP contribution is -2.26. The molecule has 2 rings (SSSR count). The van der Waals surface area contributed by atoms with Gasteiger partial charge in [0.1, 0.15) is 5.69 Å². The van der Waals surface area contributed by atoms with E-state index in [0.717, 1.165) is 24.1 Å². The van der Waals surface area contributed by atoms with Crippen molar-refractivity contribution in [3.8, 4) is 11.3 Å². The van der Waals surface area contributed by atoms with Crippen LogP contribution in [0.5, 0.6) is 0 Å². The van der Waals surface area contributed by atoms with Gasteiger partial charge in [0.2, 0.25) is 0 Å². The van der Waals surface area contributed by atoms with E-state index in [1.165, 1.54) is 0 Å². The molecule has 2 aromatic rings. The summed E-state index contributed by atoms with van der Waals surface area (Å²) in [5.41, 5.74) is 8.05. The second-order valence-electron chi connectivity index (χ2n) is 4.77. The molecule has 0 aliphatic carbocycles. The minimum Gasteiger partial charge on any atom is -0.392 e. The van der Waals surface area contributed by atoms with Gasteiger partial charge < -0.3 is 5.73 Å². The van der Waals surface area contributed by atoms with E-state index >= 15 is 0 Å². The van der Waals surface area contributed by atoms with Gasteiger partial charge in [-0.3, -0.25) is 9.48 Å². The summed E-state index contributed by atoms with van der Waals surface area (Å²) in [6.45, 7) is 4.18. The standard InChI is InChI=1S/C15H21N3O/c1-4-12(5-2)18-15(19)13(16)14(17(18)3)11-9-7-6-8-10-11/h6-10,12H,4-5,16H2,1-3H3. The molecule has 0 fully saturated rings. The second kappa shape index (κ2) is 5.34. The Bertz CT molecular complexity index is 606. The number of aromatic nitrogens is 2. The maximum Gasteiger partial charge on any atom is 0.290 e. The van der Waals surface area contributed by atoms with Crippen LogP contribution in [0.15, 0.2) is 35.1 Å². The molecule has 0 saturated carbocycles. The Hall–Kier alpha value is -1.97. The fraction of sp³-hybridized carbons (Fsp3) is 0.400. The van der Waals surface area contributed by atoms with Crippen LogP contribution in [0.4, 0.5) is 5.69 Å². The van der Waals surface area contributed by atoms with E-state index < -0.39 is 0 Å². The number of nitrogen functional groups attached to an aromatic ring is 1. The maximum absolute atomic E-state index is 12.4. The zero-order valence-corrected chi connectivity index (χ0v) is 11.8. The van der Waals surface area contributed by atoms with Crippen LogP contribution in [0.3, 0.4) is 0 Å². The monoisotopic (exact) mass is 259 g/mol. The Kier molecular flexibility index (Phi) is 3.79. The minimum atomic E-state index is -0.0879. The van der Waals surface area contributed by atoms with Gasteiger partial charge in [-0.2, -0.15) is 0 Å². The summed E-state index contributed by atoms with van der Waals surface area (Å²) in [6.07, 6.45) is 1.84. The van der Waals surface area contributed by atoms with Gasteiger partial charge in [-0.1, -0.05) is 44.2 Å². The number of anilines is 1. The molecule has 19 heavy (non-hydrogen) atoms. The Balaban J connectivity index is 2.66. The highest BCUT2D eigenvalue weighted by atomic mass is 16.1. The maximum atomic E-state index is 12.4. The third kappa shape index (κ3) is 2.18. The lowest BCUT2D eigenvalue weighted by atomic mass is 10.1. The van der Waals surface area contributed by atoms with E-state index in [-0.39, 0.29) is 11.6 Å². The van der Waals surface area contributed by atoms with E-state index in [1.807, 2.05) is 42.1 Å². The third-order valence-corrected chi connectivity index (χ3v) is 3.68. The van der Waals surface area contributed by atoms with Crippen LogP contribution >= 0.6 is 0 Å². The van der Waals surface area contributed by atoms with Crippen molar-refractivity contribution in [1.29, 1.82) is 0 Å². The molecule has 0 amide bonds. The highest BCUT2D eigenvalue weighted by Gasteiger charge is 2.20. The Morgan fingerprint density at radius 1 is 1.16 bits per heavy atom. The molecule has 102 valence electrons. The SMILES string of the molecule is CCC(CC)n1c(=O)c(N)c(-c2ccccc2)n1C. The fourth-order valence-electron chi connectivity index (χ4n) is 2.63. The molecule has 0 bridgehead atoms. The summed E-state index contributed by atoms with van der Waals surface area (Å²) in [4.78, 5) is 12.4. The molecule has 0 aliphatic heterocycles. The zero-order chi connectivity index (χ0) is 14.0. The Labute approximate surface area is 113 Å². The van der Waals surface area contributed by atoms with Gasteiger partial charge in [0.05, 0.1) is 11.7 Å². The van der Waals surface area contributed by atoms with Gasteiger partial charge in [0.25, 0.3) is 5.56 Å². The number of hydrogen-bond acceptors (Lipinski definition) is 2. The average Bonchev–Trinajstić information content (AvgIpc) is 2.65. The van der Waals surface area contributed by atoms with Crippen molar-refractivity contribution < 1.29 is 0 Å². The van der Waals surface area contributed by atoms with Crippen LogP contribution in [0, 0.1) is 0 Å². The quantitative estimate of drug-likeness (QED) is 0.918. The highest BCUT2D eigenvalue weighted by molar-refractivity contribution is 5.72. The number of nitrogens with two attached hydrogens (primary N) is 1. The normalized spacial score (nSPS) is 11.2. The topological polar surface area (TPSA) is 52.9 Å². The van der Waals surface area contributed by atoms with Crippen LogP contribution in [0.1, 0.15) is 32.7 Å². The van der Waals surface area contributed by atoms with Crippen molar-refractivity contribution in [1.82, 2.24) is 9.36 Å². The molecule has 0 unspecified atom stereocenters. The van der Waals surface area contributed by atoms with Crippen LogP contribution in [0.2, 0.25) is 0 Å². The molecule has 0 saturated heterocycles. The third-order valence-electron chi connectivity index (χ3n) is 3.68. The van der Waals surface area contributed by atoms with E-state index in [4.69, 9.17) is 5.73 Å². The van der Waals surface area contributed by atoms with E-state index in [2.05, 4.69) is 13.8 Å². The Morgan fingerprint density at radius 3 is 2.26 bits per heavy atom. The molecule has 1 heterocycles. The largest absolute Gasteiger partial charge is 0.392 e. The summed E-state index contributed by atoms with van der Waals surface area (Å²) >= 11 is 0. The van der Waals surface area contributed by atoms with E-state index in [9.17, 15) is 4.79 Å². The molecule has 0 radical (unpaired) electrons. The molecule has 0 spiro atoms. The van der Waals surface area contributed by atoms with Crippen LogP contribution in [-0.2, 0) is 7.05 Å². The summed E-state index contributed by atoms with van der Waals surface area (Å²) in [5.74, 6) is 0. The van der Waals surface area contributed by atoms with Gasteiger partial charge >= 0.3 is 0 Å². The summed E-state index contributed by atoms with van der Waals surface area (Å²) in [6, 6.07) is 10.00. The van der Waals surface area contributed by atoms with E-state index in [0.29, 0.717) is 5.69 Å². The average molecular weight is 259 g/mol. The summed E-state index contributed by atoms with van der Waals surface area (Å²) < 4.78 is 3.67. The number of nitrogens with zero attached hydrogens (tertiary/aromatic N) is 2. The first kappa shape index (κ1) is 13.5. The molecular formula is C15H21N3O. The van der Waals surface area contributed by atoms with E-state index in [1.54, 1.807) is 4.68 Å². The summed E-state index contributed by atoms with van der Waals surface area (Å²) in [7, 11) is 1.90. The molecule has 0 aliphatic rings. The van der Waals surface area contributed by atoms with Crippen molar-refractivity contribution in [2.45, 2.75) is 32.7 Å². The second-order valence-corrected chi connectivity index (χ2v) is 4.77. The number of benzene rings is 1. The van der Waals surface area contributed by atoms with Crippen molar-refractivity contribution in [2.24, 2.45) is 7.05 Å². The van der Waals surface area contributed by atoms with Crippen molar-refractivity contribution in [3.63, 3.8) is 0 Å². The fourth-order valence-corrected chi connectivity index (χ4v) is 2.63. The van der Waals surface area contributed by atoms with Gasteiger partial charge in [0.15, 0.2) is 0 Å². The number of rotatable bonds is 4. The molecule has 1 aromatic heterocycles. The summed E-state index contributed by atoms with van der Waals surface area (Å²) in [5, 5.41) is 0. The minimum absolute atomic E-state index is 0.0879. The molecule has 2 N–H and O–H groups in total. The predicted octanol–water partition coefficient (Wildman–Crippen LogP) is 2.80. The molecule has 4 nitrogen and oxygen atoms in total. The lowest BCUT2D eigenvalue weighted by molar-refractivity contribution is 0.369. The lowest BCUT2D eigenvalue weighted by Gasteiger charge is -2.18. The van der Waals surface area contributed by atoms with Crippen LogP contribution in [0.25, 0.3) is 11.3 Å². The first-order valence-corrected chi connectivity index (χ1v) is 6.74. The van der Waals surface area contributed by atoms with Gasteiger partial charge in [-0.15, -0.1) is 0 Å². The van der Waals surface area contributed by atoms with Crippen molar-refractivity contribution in [3.05, 3.63) is 40.7 Å². The molecule has 4 heteroatoms.